The van der Waals surface area contributed by atoms with Crippen LogP contribution in [0, 0.1) is 40.4 Å². The fourth-order valence-electron chi connectivity index (χ4n) is 8.61. The highest BCUT2D eigenvalue weighted by molar-refractivity contribution is 5.14. The van der Waals surface area contributed by atoms with Crippen LogP contribution in [0.4, 0.5) is 0 Å². The molecule has 0 bridgehead atoms. The summed E-state index contributed by atoms with van der Waals surface area (Å²) < 4.78 is 0. The van der Waals surface area contributed by atoms with E-state index in [0.717, 1.165) is 29.6 Å². The van der Waals surface area contributed by atoms with Gasteiger partial charge in [-0.1, -0.05) is 39.2 Å². The van der Waals surface area contributed by atoms with E-state index in [9.17, 15) is 0 Å². The first kappa shape index (κ1) is 17.3. The maximum Gasteiger partial charge on any atom is 0.0299 e. The zero-order valence-corrected chi connectivity index (χ0v) is 16.9. The number of fused-ring (bicyclic) bond motifs is 5. The number of aromatic nitrogens is 1. The molecule has 1 nitrogen and oxygen atoms in total. The second kappa shape index (κ2) is 6.35. The largest absolute Gasteiger partial charge is 0.264 e. The molecule has 0 radical (unpaired) electrons. The number of nitrogens with zero attached hydrogens (tertiary/aromatic N) is 1. The van der Waals surface area contributed by atoms with Crippen molar-refractivity contribution in [2.24, 2.45) is 40.4 Å². The van der Waals surface area contributed by atoms with Gasteiger partial charge in [-0.15, -0.1) is 0 Å². The van der Waals surface area contributed by atoms with E-state index in [1.165, 1.54) is 76.2 Å². The van der Waals surface area contributed by atoms with E-state index in [-0.39, 0.29) is 0 Å². The Bertz CT molecular complexity index is 639. The van der Waals surface area contributed by atoms with Crippen LogP contribution in [0.5, 0.6) is 0 Å². The summed E-state index contributed by atoms with van der Waals surface area (Å²) >= 11 is 0. The average molecular weight is 352 g/mol. The number of pyridine rings is 1. The minimum absolute atomic E-state index is 0.623. The molecular weight excluding hydrogens is 314 g/mol. The van der Waals surface area contributed by atoms with Crippen LogP contribution >= 0.6 is 0 Å². The van der Waals surface area contributed by atoms with Crippen molar-refractivity contribution in [1.82, 2.24) is 4.98 Å². The maximum absolute atomic E-state index is 4.42. The molecule has 7 atom stereocenters. The Morgan fingerprint density at radius 3 is 2.69 bits per heavy atom. The molecule has 4 fully saturated rings. The van der Waals surface area contributed by atoms with E-state index in [4.69, 9.17) is 0 Å². The van der Waals surface area contributed by atoms with Gasteiger partial charge in [0.15, 0.2) is 0 Å². The van der Waals surface area contributed by atoms with Crippen molar-refractivity contribution in [2.45, 2.75) is 84.5 Å². The highest BCUT2D eigenvalue weighted by Crippen LogP contribution is 2.67. The molecule has 1 heteroatoms. The molecule has 26 heavy (non-hydrogen) atoms. The Kier molecular flexibility index (Phi) is 4.22. The lowest BCUT2D eigenvalue weighted by Crippen LogP contribution is -2.55. The molecule has 4 aliphatic carbocycles. The summed E-state index contributed by atoms with van der Waals surface area (Å²) in [6.45, 7) is 5.37. The molecule has 0 amide bonds. The average Bonchev–Trinajstić information content (AvgIpc) is 3.04. The summed E-state index contributed by atoms with van der Waals surface area (Å²) in [6, 6.07) is 4.45. The van der Waals surface area contributed by atoms with Gasteiger partial charge in [-0.25, -0.2) is 0 Å². The minimum Gasteiger partial charge on any atom is -0.264 e. The van der Waals surface area contributed by atoms with Gasteiger partial charge in [-0.3, -0.25) is 4.98 Å². The first-order valence-corrected chi connectivity index (χ1v) is 11.5. The molecular formula is C25H37N. The number of rotatable bonds is 2. The lowest BCUT2D eigenvalue weighted by Gasteiger charge is -2.62. The second-order valence-electron chi connectivity index (χ2n) is 10.9. The van der Waals surface area contributed by atoms with Crippen molar-refractivity contribution in [2.75, 3.05) is 0 Å². The van der Waals surface area contributed by atoms with Crippen molar-refractivity contribution in [3.8, 4) is 0 Å². The number of hydrogen-bond acceptors (Lipinski definition) is 1. The Morgan fingerprint density at radius 2 is 1.85 bits per heavy atom. The molecule has 4 saturated carbocycles. The third-order valence-electron chi connectivity index (χ3n) is 9.76. The van der Waals surface area contributed by atoms with E-state index in [1.54, 1.807) is 0 Å². The molecule has 1 aromatic heterocycles. The first-order valence-electron chi connectivity index (χ1n) is 11.5. The van der Waals surface area contributed by atoms with Gasteiger partial charge in [0.25, 0.3) is 0 Å². The van der Waals surface area contributed by atoms with Crippen LogP contribution in [-0.4, -0.2) is 4.98 Å². The lowest BCUT2D eigenvalue weighted by atomic mass is 9.43. The molecule has 0 saturated heterocycles. The molecule has 0 N–H and O–H groups in total. The van der Waals surface area contributed by atoms with E-state index in [0.29, 0.717) is 10.8 Å². The van der Waals surface area contributed by atoms with Crippen LogP contribution in [0.15, 0.2) is 24.5 Å². The van der Waals surface area contributed by atoms with Crippen LogP contribution in [-0.2, 0) is 6.42 Å². The molecule has 0 aromatic carbocycles. The Morgan fingerprint density at radius 1 is 0.962 bits per heavy atom. The standard InChI is InChI=1S/C25H37N/c1-24-11-5-9-22(24)20-16-19(15-18-7-6-14-26-17-18)21-8-3-4-12-25(21,2)23(20)10-13-24/h6-7,14,17,19-23H,3-5,8-13,15-16H2,1-2H3/t19?,20-,21+,22-,23-,24-,25-/m0/s1. The van der Waals surface area contributed by atoms with Gasteiger partial charge in [-0.2, -0.15) is 0 Å². The van der Waals surface area contributed by atoms with Crippen LogP contribution in [0.3, 0.4) is 0 Å². The van der Waals surface area contributed by atoms with Crippen molar-refractivity contribution in [1.29, 1.82) is 0 Å². The normalized spacial score (nSPS) is 47.7. The Balaban J connectivity index is 1.48. The molecule has 4 aliphatic rings. The third kappa shape index (κ3) is 2.60. The molecule has 1 aromatic rings. The summed E-state index contributed by atoms with van der Waals surface area (Å²) in [6.07, 6.45) is 20.4. The van der Waals surface area contributed by atoms with Gasteiger partial charge in [0, 0.05) is 12.4 Å². The van der Waals surface area contributed by atoms with Gasteiger partial charge in [0.05, 0.1) is 0 Å². The fourth-order valence-corrected chi connectivity index (χ4v) is 8.61. The van der Waals surface area contributed by atoms with Gasteiger partial charge in [-0.05, 0) is 103 Å². The van der Waals surface area contributed by atoms with Crippen LogP contribution in [0.1, 0.15) is 83.6 Å². The van der Waals surface area contributed by atoms with Gasteiger partial charge in [0.2, 0.25) is 0 Å². The van der Waals surface area contributed by atoms with Crippen molar-refractivity contribution < 1.29 is 0 Å². The first-order chi connectivity index (χ1) is 12.6. The smallest absolute Gasteiger partial charge is 0.0299 e. The summed E-state index contributed by atoms with van der Waals surface area (Å²) in [4.78, 5) is 4.42. The molecule has 142 valence electrons. The van der Waals surface area contributed by atoms with Gasteiger partial charge >= 0.3 is 0 Å². The summed E-state index contributed by atoms with van der Waals surface area (Å²) in [7, 11) is 0. The Hall–Kier alpha value is -0.850. The summed E-state index contributed by atoms with van der Waals surface area (Å²) in [5.41, 5.74) is 2.78. The Labute approximate surface area is 160 Å². The van der Waals surface area contributed by atoms with E-state index >= 15 is 0 Å². The zero-order chi connectivity index (χ0) is 17.8. The molecule has 5 rings (SSSR count). The van der Waals surface area contributed by atoms with Crippen LogP contribution in [0.2, 0.25) is 0 Å². The minimum atomic E-state index is 0.623. The van der Waals surface area contributed by atoms with Crippen LogP contribution < -0.4 is 0 Å². The van der Waals surface area contributed by atoms with E-state index in [2.05, 4.69) is 37.2 Å². The highest BCUT2D eigenvalue weighted by atomic mass is 14.6. The maximum atomic E-state index is 4.42. The van der Waals surface area contributed by atoms with Crippen molar-refractivity contribution in [3.05, 3.63) is 30.1 Å². The predicted molar refractivity (Wildman–Crippen MR) is 108 cm³/mol. The summed E-state index contributed by atoms with van der Waals surface area (Å²) in [5.74, 6) is 4.92. The predicted octanol–water partition coefficient (Wildman–Crippen LogP) is 6.67. The van der Waals surface area contributed by atoms with Crippen molar-refractivity contribution >= 4 is 0 Å². The highest BCUT2D eigenvalue weighted by Gasteiger charge is 2.59. The topological polar surface area (TPSA) is 12.9 Å². The van der Waals surface area contributed by atoms with Crippen molar-refractivity contribution in [3.63, 3.8) is 0 Å². The fraction of sp³-hybridized carbons (Fsp3) is 0.800. The SMILES string of the molecule is C[C@@]12CCC[C@H]1[C@@H]1CC(Cc3cccnc3)[C@H]3CCCC[C@]3(C)[C@H]1CC2. The molecule has 1 heterocycles. The molecule has 0 spiro atoms. The number of hydrogen-bond donors (Lipinski definition) is 0. The lowest BCUT2D eigenvalue weighted by molar-refractivity contribution is -0.129. The summed E-state index contributed by atoms with van der Waals surface area (Å²) in [5, 5.41) is 0. The van der Waals surface area contributed by atoms with Gasteiger partial charge in [0.1, 0.15) is 0 Å². The second-order valence-corrected chi connectivity index (χ2v) is 10.9. The third-order valence-corrected chi connectivity index (χ3v) is 9.76. The van der Waals surface area contributed by atoms with Crippen LogP contribution in [0.25, 0.3) is 0 Å². The van der Waals surface area contributed by atoms with Gasteiger partial charge < -0.3 is 0 Å². The molecule has 0 aliphatic heterocycles. The zero-order valence-electron chi connectivity index (χ0n) is 16.9. The molecule has 1 unspecified atom stereocenters. The van der Waals surface area contributed by atoms with E-state index in [1.807, 2.05) is 6.20 Å². The van der Waals surface area contributed by atoms with E-state index < -0.39 is 0 Å². The quantitative estimate of drug-likeness (QED) is 0.579. The monoisotopic (exact) mass is 351 g/mol.